The van der Waals surface area contributed by atoms with Crippen LogP contribution in [-0.4, -0.2) is 12.1 Å². The molecule has 2 heteroatoms. The lowest BCUT2D eigenvalue weighted by Crippen LogP contribution is -2.44. The van der Waals surface area contributed by atoms with E-state index in [9.17, 15) is 0 Å². The van der Waals surface area contributed by atoms with E-state index in [1.54, 1.807) is 0 Å². The predicted molar refractivity (Wildman–Crippen MR) is 41.1 cm³/mol. The van der Waals surface area contributed by atoms with Crippen LogP contribution in [0.5, 0.6) is 0 Å². The van der Waals surface area contributed by atoms with Gasteiger partial charge in [-0.3, -0.25) is 0 Å². The van der Waals surface area contributed by atoms with Gasteiger partial charge >= 0.3 is 0 Å². The highest BCUT2D eigenvalue weighted by Crippen LogP contribution is 2.14. The molecular formula is C7H18N2. The summed E-state index contributed by atoms with van der Waals surface area (Å²) < 4.78 is 0. The van der Waals surface area contributed by atoms with Gasteiger partial charge in [-0.2, -0.15) is 0 Å². The van der Waals surface area contributed by atoms with E-state index in [0.29, 0.717) is 12.5 Å². The molecular weight excluding hydrogens is 112 g/mol. The van der Waals surface area contributed by atoms with Gasteiger partial charge in [0.1, 0.15) is 0 Å². The van der Waals surface area contributed by atoms with Gasteiger partial charge in [0.2, 0.25) is 0 Å². The van der Waals surface area contributed by atoms with E-state index >= 15 is 0 Å². The molecule has 0 aromatic rings. The van der Waals surface area contributed by atoms with Crippen molar-refractivity contribution in [3.05, 3.63) is 0 Å². The monoisotopic (exact) mass is 130 g/mol. The molecule has 0 rings (SSSR count). The van der Waals surface area contributed by atoms with Crippen molar-refractivity contribution in [2.45, 2.75) is 32.7 Å². The van der Waals surface area contributed by atoms with Gasteiger partial charge in [-0.1, -0.05) is 13.3 Å². The maximum atomic E-state index is 5.82. The van der Waals surface area contributed by atoms with Crippen molar-refractivity contribution < 1.29 is 0 Å². The van der Waals surface area contributed by atoms with Crippen LogP contribution in [-0.2, 0) is 0 Å². The molecule has 56 valence electrons. The maximum Gasteiger partial charge on any atom is 0.0137 e. The second-order valence-corrected chi connectivity index (χ2v) is 3.16. The Morgan fingerprint density at radius 1 is 1.44 bits per heavy atom. The highest BCUT2D eigenvalue weighted by atomic mass is 14.7. The van der Waals surface area contributed by atoms with Gasteiger partial charge in [0.15, 0.2) is 0 Å². The Bertz CT molecular complexity index is 69.5. The molecule has 0 bridgehead atoms. The van der Waals surface area contributed by atoms with Crippen molar-refractivity contribution in [1.82, 2.24) is 0 Å². The van der Waals surface area contributed by atoms with Crippen LogP contribution in [0.15, 0.2) is 0 Å². The summed E-state index contributed by atoms with van der Waals surface area (Å²) in [5.74, 6) is 0.456. The maximum absolute atomic E-state index is 5.82. The molecule has 2 nitrogen and oxygen atoms in total. The number of nitrogens with two attached hydrogens (primary N) is 2. The fraction of sp³-hybridized carbons (Fsp3) is 1.00. The summed E-state index contributed by atoms with van der Waals surface area (Å²) in [6, 6.07) is 0. The fourth-order valence-corrected chi connectivity index (χ4v) is 0.997. The largest absolute Gasteiger partial charge is 0.330 e. The van der Waals surface area contributed by atoms with E-state index in [2.05, 4.69) is 6.92 Å². The number of hydrogen-bond acceptors (Lipinski definition) is 2. The summed E-state index contributed by atoms with van der Waals surface area (Å²) >= 11 is 0. The van der Waals surface area contributed by atoms with Crippen LogP contribution in [0.25, 0.3) is 0 Å². The third-order valence-electron chi connectivity index (χ3n) is 1.83. The summed E-state index contributed by atoms with van der Waals surface area (Å²) in [4.78, 5) is 0. The first-order valence-electron chi connectivity index (χ1n) is 3.51. The Kier molecular flexibility index (Phi) is 3.15. The molecule has 0 amide bonds. The first-order valence-corrected chi connectivity index (χ1v) is 3.51. The molecule has 1 unspecified atom stereocenters. The van der Waals surface area contributed by atoms with Crippen molar-refractivity contribution in [3.8, 4) is 0 Å². The van der Waals surface area contributed by atoms with Crippen LogP contribution in [0.2, 0.25) is 0 Å². The number of rotatable bonds is 3. The van der Waals surface area contributed by atoms with E-state index in [1.807, 2.05) is 13.8 Å². The van der Waals surface area contributed by atoms with Gasteiger partial charge in [0, 0.05) is 5.54 Å². The molecule has 0 spiro atoms. The Morgan fingerprint density at radius 2 is 1.89 bits per heavy atom. The lowest BCUT2D eigenvalue weighted by atomic mass is 9.87. The SMILES string of the molecule is CCC(CN)C(C)(C)N. The van der Waals surface area contributed by atoms with Crippen molar-refractivity contribution in [2.75, 3.05) is 6.54 Å². The Labute approximate surface area is 57.6 Å². The minimum absolute atomic E-state index is 0.108. The molecule has 0 aliphatic carbocycles. The first-order chi connectivity index (χ1) is 4.02. The summed E-state index contributed by atoms with van der Waals surface area (Å²) in [5, 5.41) is 0. The summed E-state index contributed by atoms with van der Waals surface area (Å²) in [5.41, 5.74) is 11.2. The second-order valence-electron chi connectivity index (χ2n) is 3.16. The van der Waals surface area contributed by atoms with Crippen LogP contribution in [0.4, 0.5) is 0 Å². The zero-order chi connectivity index (χ0) is 7.49. The van der Waals surface area contributed by atoms with Gasteiger partial charge in [-0.05, 0) is 26.3 Å². The molecule has 0 saturated heterocycles. The molecule has 0 aromatic carbocycles. The standard InChI is InChI=1S/C7H18N2/c1-4-6(5-8)7(2,3)9/h6H,4-5,8-9H2,1-3H3. The highest BCUT2D eigenvalue weighted by Gasteiger charge is 2.21. The Morgan fingerprint density at radius 3 is 1.89 bits per heavy atom. The summed E-state index contributed by atoms with van der Waals surface area (Å²) in [6.07, 6.45) is 1.07. The van der Waals surface area contributed by atoms with Gasteiger partial charge in [0.05, 0.1) is 0 Å². The average molecular weight is 130 g/mol. The zero-order valence-electron chi connectivity index (χ0n) is 6.65. The first kappa shape index (κ1) is 8.92. The van der Waals surface area contributed by atoms with Crippen molar-refractivity contribution in [2.24, 2.45) is 17.4 Å². The quantitative estimate of drug-likeness (QED) is 0.591. The van der Waals surface area contributed by atoms with Crippen LogP contribution in [0.3, 0.4) is 0 Å². The van der Waals surface area contributed by atoms with E-state index in [1.165, 1.54) is 0 Å². The topological polar surface area (TPSA) is 52.0 Å². The molecule has 0 aliphatic heterocycles. The van der Waals surface area contributed by atoms with Crippen LogP contribution < -0.4 is 11.5 Å². The smallest absolute Gasteiger partial charge is 0.0137 e. The van der Waals surface area contributed by atoms with Crippen molar-refractivity contribution in [1.29, 1.82) is 0 Å². The Balaban J connectivity index is 3.79. The highest BCUT2D eigenvalue weighted by molar-refractivity contribution is 4.81. The normalized spacial score (nSPS) is 15.7. The molecule has 1 atom stereocenters. The van der Waals surface area contributed by atoms with Crippen molar-refractivity contribution in [3.63, 3.8) is 0 Å². The van der Waals surface area contributed by atoms with Gasteiger partial charge in [-0.15, -0.1) is 0 Å². The van der Waals surface area contributed by atoms with E-state index in [0.717, 1.165) is 6.42 Å². The van der Waals surface area contributed by atoms with Crippen molar-refractivity contribution >= 4 is 0 Å². The van der Waals surface area contributed by atoms with Crippen LogP contribution >= 0.6 is 0 Å². The van der Waals surface area contributed by atoms with E-state index in [-0.39, 0.29) is 5.54 Å². The van der Waals surface area contributed by atoms with E-state index < -0.39 is 0 Å². The summed E-state index contributed by atoms with van der Waals surface area (Å²) in [7, 11) is 0. The van der Waals surface area contributed by atoms with Crippen LogP contribution in [0.1, 0.15) is 27.2 Å². The van der Waals surface area contributed by atoms with Crippen LogP contribution in [0, 0.1) is 5.92 Å². The Hall–Kier alpha value is -0.0800. The molecule has 9 heavy (non-hydrogen) atoms. The third-order valence-corrected chi connectivity index (χ3v) is 1.83. The zero-order valence-corrected chi connectivity index (χ0v) is 6.65. The second kappa shape index (κ2) is 3.18. The van der Waals surface area contributed by atoms with Gasteiger partial charge in [-0.25, -0.2) is 0 Å². The average Bonchev–Trinajstić information content (AvgIpc) is 1.65. The minimum Gasteiger partial charge on any atom is -0.330 e. The lowest BCUT2D eigenvalue weighted by Gasteiger charge is -2.28. The molecule has 0 heterocycles. The fourth-order valence-electron chi connectivity index (χ4n) is 0.997. The summed E-state index contributed by atoms with van der Waals surface area (Å²) in [6.45, 7) is 6.86. The van der Waals surface area contributed by atoms with Gasteiger partial charge in [0.25, 0.3) is 0 Å². The molecule has 0 radical (unpaired) electrons. The molecule has 0 saturated carbocycles. The van der Waals surface area contributed by atoms with E-state index in [4.69, 9.17) is 11.5 Å². The molecule has 0 aromatic heterocycles. The molecule has 0 aliphatic rings. The third kappa shape index (κ3) is 2.82. The van der Waals surface area contributed by atoms with Gasteiger partial charge < -0.3 is 11.5 Å². The lowest BCUT2D eigenvalue weighted by molar-refractivity contribution is 0.319. The minimum atomic E-state index is -0.108. The predicted octanol–water partition coefficient (Wildman–Crippen LogP) is 0.709. The molecule has 4 N–H and O–H groups in total. The molecule has 0 fully saturated rings. The number of hydrogen-bond donors (Lipinski definition) is 2.